The Labute approximate surface area is 179 Å². The first-order valence-electron chi connectivity index (χ1n) is 10.6. The predicted octanol–water partition coefficient (Wildman–Crippen LogP) is 6.75. The van der Waals surface area contributed by atoms with Crippen LogP contribution >= 0.6 is 23.2 Å². The SMILES string of the molecule is Cc1ccc(N2CCN(CC3CCCCC3)CC2c2ccc(Cl)cc2)c(Cl)c1. The summed E-state index contributed by atoms with van der Waals surface area (Å²) < 4.78 is 0. The molecule has 1 heterocycles. The Bertz CT molecular complexity index is 784. The number of benzene rings is 2. The molecule has 28 heavy (non-hydrogen) atoms. The minimum absolute atomic E-state index is 0.301. The number of rotatable bonds is 4. The van der Waals surface area contributed by atoms with Gasteiger partial charge in [0.25, 0.3) is 0 Å². The zero-order chi connectivity index (χ0) is 19.5. The van der Waals surface area contributed by atoms with Crippen molar-refractivity contribution in [3.05, 3.63) is 63.6 Å². The van der Waals surface area contributed by atoms with E-state index in [0.717, 1.165) is 41.3 Å². The molecule has 150 valence electrons. The fourth-order valence-corrected chi connectivity index (χ4v) is 5.31. The molecule has 2 aromatic carbocycles. The molecule has 2 fully saturated rings. The standard InChI is InChI=1S/C24H30Cl2N2/c1-18-7-12-23(22(26)15-18)28-14-13-27(16-19-5-3-2-4-6-19)17-24(28)20-8-10-21(25)11-9-20/h7-12,15,19,24H,2-6,13-14,16-17H2,1H3. The molecule has 1 atom stereocenters. The molecule has 1 saturated carbocycles. The van der Waals surface area contributed by atoms with Gasteiger partial charge in [-0.05, 0) is 61.1 Å². The van der Waals surface area contributed by atoms with Crippen molar-refractivity contribution in [2.75, 3.05) is 31.1 Å². The molecule has 1 saturated heterocycles. The molecule has 1 aliphatic heterocycles. The minimum atomic E-state index is 0.301. The van der Waals surface area contributed by atoms with Crippen molar-refractivity contribution in [3.8, 4) is 0 Å². The molecule has 2 nitrogen and oxygen atoms in total. The second-order valence-corrected chi connectivity index (χ2v) is 9.32. The molecule has 2 aromatic rings. The van der Waals surface area contributed by atoms with E-state index in [0.29, 0.717) is 6.04 Å². The number of anilines is 1. The van der Waals surface area contributed by atoms with Crippen LogP contribution in [-0.2, 0) is 0 Å². The first kappa shape index (κ1) is 20.1. The highest BCUT2D eigenvalue weighted by Crippen LogP contribution is 2.36. The molecule has 0 aromatic heterocycles. The predicted molar refractivity (Wildman–Crippen MR) is 121 cm³/mol. The van der Waals surface area contributed by atoms with Crippen LogP contribution in [0.3, 0.4) is 0 Å². The average Bonchev–Trinajstić information content (AvgIpc) is 2.70. The number of aryl methyl sites for hydroxylation is 1. The van der Waals surface area contributed by atoms with E-state index in [2.05, 4.69) is 47.1 Å². The van der Waals surface area contributed by atoms with Crippen LogP contribution in [0.5, 0.6) is 0 Å². The van der Waals surface area contributed by atoms with E-state index in [1.165, 1.54) is 49.8 Å². The van der Waals surface area contributed by atoms with Gasteiger partial charge in [-0.3, -0.25) is 4.90 Å². The van der Waals surface area contributed by atoms with Gasteiger partial charge in [-0.1, -0.05) is 60.7 Å². The number of hydrogen-bond donors (Lipinski definition) is 0. The maximum Gasteiger partial charge on any atom is 0.0670 e. The van der Waals surface area contributed by atoms with E-state index in [9.17, 15) is 0 Å². The van der Waals surface area contributed by atoms with Gasteiger partial charge in [0.15, 0.2) is 0 Å². The lowest BCUT2D eigenvalue weighted by Crippen LogP contribution is -2.50. The zero-order valence-electron chi connectivity index (χ0n) is 16.7. The van der Waals surface area contributed by atoms with Crippen molar-refractivity contribution >= 4 is 28.9 Å². The van der Waals surface area contributed by atoms with Crippen molar-refractivity contribution in [2.24, 2.45) is 5.92 Å². The fourth-order valence-electron chi connectivity index (χ4n) is 4.84. The van der Waals surface area contributed by atoms with Crippen molar-refractivity contribution in [1.82, 2.24) is 4.90 Å². The lowest BCUT2D eigenvalue weighted by Gasteiger charge is -2.44. The summed E-state index contributed by atoms with van der Waals surface area (Å²) in [5.74, 6) is 0.870. The smallest absolute Gasteiger partial charge is 0.0670 e. The summed E-state index contributed by atoms with van der Waals surface area (Å²) in [5.41, 5.74) is 3.66. The van der Waals surface area contributed by atoms with Gasteiger partial charge in [-0.15, -0.1) is 0 Å². The average molecular weight is 417 g/mol. The van der Waals surface area contributed by atoms with Crippen molar-refractivity contribution in [2.45, 2.75) is 45.1 Å². The maximum absolute atomic E-state index is 6.66. The number of halogens is 2. The minimum Gasteiger partial charge on any atom is -0.361 e. The second-order valence-electron chi connectivity index (χ2n) is 8.48. The highest BCUT2D eigenvalue weighted by atomic mass is 35.5. The molecule has 0 bridgehead atoms. The molecule has 0 amide bonds. The first-order chi connectivity index (χ1) is 13.6. The highest BCUT2D eigenvalue weighted by molar-refractivity contribution is 6.33. The Balaban J connectivity index is 1.58. The third-order valence-electron chi connectivity index (χ3n) is 6.37. The largest absolute Gasteiger partial charge is 0.361 e. The second kappa shape index (κ2) is 9.07. The summed E-state index contributed by atoms with van der Waals surface area (Å²) in [6.45, 7) is 6.48. The summed E-state index contributed by atoms with van der Waals surface area (Å²) in [7, 11) is 0. The lowest BCUT2D eigenvalue weighted by molar-refractivity contribution is 0.171. The molecular formula is C24H30Cl2N2. The van der Waals surface area contributed by atoms with E-state index in [4.69, 9.17) is 23.2 Å². The Hall–Kier alpha value is -1.22. The lowest BCUT2D eigenvalue weighted by atomic mass is 9.88. The van der Waals surface area contributed by atoms with E-state index >= 15 is 0 Å². The van der Waals surface area contributed by atoms with E-state index < -0.39 is 0 Å². The van der Waals surface area contributed by atoms with Gasteiger partial charge < -0.3 is 4.90 Å². The molecular weight excluding hydrogens is 387 g/mol. The van der Waals surface area contributed by atoms with Crippen LogP contribution < -0.4 is 4.90 Å². The Morgan fingerprint density at radius 3 is 2.39 bits per heavy atom. The first-order valence-corrected chi connectivity index (χ1v) is 11.4. The summed E-state index contributed by atoms with van der Waals surface area (Å²) in [6.07, 6.45) is 7.03. The van der Waals surface area contributed by atoms with E-state index in [1.54, 1.807) is 0 Å². The van der Waals surface area contributed by atoms with Gasteiger partial charge in [0.1, 0.15) is 0 Å². The molecule has 1 aliphatic carbocycles. The summed E-state index contributed by atoms with van der Waals surface area (Å²) in [4.78, 5) is 5.16. The van der Waals surface area contributed by atoms with Crippen LogP contribution in [0.25, 0.3) is 0 Å². The molecule has 2 aliphatic rings. The van der Waals surface area contributed by atoms with Gasteiger partial charge in [0.2, 0.25) is 0 Å². The quantitative estimate of drug-likeness (QED) is 0.543. The van der Waals surface area contributed by atoms with Crippen molar-refractivity contribution in [1.29, 1.82) is 0 Å². The summed E-state index contributed by atoms with van der Waals surface area (Å²) >= 11 is 12.8. The Morgan fingerprint density at radius 2 is 1.68 bits per heavy atom. The monoisotopic (exact) mass is 416 g/mol. The molecule has 4 rings (SSSR count). The normalized spacial score (nSPS) is 21.8. The fraction of sp³-hybridized carbons (Fsp3) is 0.500. The van der Waals surface area contributed by atoms with E-state index in [-0.39, 0.29) is 0 Å². The zero-order valence-corrected chi connectivity index (χ0v) is 18.2. The van der Waals surface area contributed by atoms with Crippen molar-refractivity contribution in [3.63, 3.8) is 0 Å². The third-order valence-corrected chi connectivity index (χ3v) is 6.93. The van der Waals surface area contributed by atoms with Gasteiger partial charge in [-0.2, -0.15) is 0 Å². The van der Waals surface area contributed by atoms with Crippen molar-refractivity contribution < 1.29 is 0 Å². The highest BCUT2D eigenvalue weighted by Gasteiger charge is 2.31. The molecule has 0 radical (unpaired) electrons. The molecule has 1 unspecified atom stereocenters. The van der Waals surface area contributed by atoms with Crippen LogP contribution in [0.1, 0.15) is 49.3 Å². The topological polar surface area (TPSA) is 6.48 Å². The summed E-state index contributed by atoms with van der Waals surface area (Å²) in [5, 5.41) is 1.64. The number of hydrogen-bond acceptors (Lipinski definition) is 2. The molecule has 0 spiro atoms. The van der Waals surface area contributed by atoms with Gasteiger partial charge in [-0.25, -0.2) is 0 Å². The van der Waals surface area contributed by atoms with Crippen LogP contribution in [-0.4, -0.2) is 31.1 Å². The Kier molecular flexibility index (Phi) is 6.50. The van der Waals surface area contributed by atoms with E-state index in [1.807, 2.05) is 12.1 Å². The Morgan fingerprint density at radius 1 is 0.929 bits per heavy atom. The number of piperazine rings is 1. The molecule has 0 N–H and O–H groups in total. The van der Waals surface area contributed by atoms with Crippen LogP contribution in [0.2, 0.25) is 10.0 Å². The third kappa shape index (κ3) is 4.67. The van der Waals surface area contributed by atoms with Gasteiger partial charge in [0, 0.05) is 31.2 Å². The maximum atomic E-state index is 6.66. The van der Waals surface area contributed by atoms with Crippen LogP contribution in [0.15, 0.2) is 42.5 Å². The van der Waals surface area contributed by atoms with Crippen LogP contribution in [0.4, 0.5) is 5.69 Å². The summed E-state index contributed by atoms with van der Waals surface area (Å²) in [6, 6.07) is 15.1. The molecule has 4 heteroatoms. The van der Waals surface area contributed by atoms with Gasteiger partial charge in [0.05, 0.1) is 16.8 Å². The van der Waals surface area contributed by atoms with Crippen LogP contribution in [0, 0.1) is 12.8 Å². The number of nitrogens with zero attached hydrogens (tertiary/aromatic N) is 2. The van der Waals surface area contributed by atoms with Gasteiger partial charge >= 0.3 is 0 Å².